The Hall–Kier alpha value is -0.900. The van der Waals surface area contributed by atoms with Crippen molar-refractivity contribution in [1.29, 1.82) is 0 Å². The van der Waals surface area contributed by atoms with Crippen LogP contribution < -0.4 is 5.32 Å². The first kappa shape index (κ1) is 16.5. The van der Waals surface area contributed by atoms with Gasteiger partial charge in [0.1, 0.15) is 0 Å². The van der Waals surface area contributed by atoms with Crippen LogP contribution in [-0.2, 0) is 4.74 Å². The number of benzene rings is 1. The lowest BCUT2D eigenvalue weighted by Gasteiger charge is -2.27. The van der Waals surface area contributed by atoms with E-state index in [1.54, 1.807) is 0 Å². The van der Waals surface area contributed by atoms with Crippen LogP contribution in [0.3, 0.4) is 0 Å². The van der Waals surface area contributed by atoms with E-state index < -0.39 is 6.10 Å². The molecule has 2 unspecified atom stereocenters. The zero-order valence-corrected chi connectivity index (χ0v) is 13.3. The van der Waals surface area contributed by atoms with Gasteiger partial charge in [0.2, 0.25) is 0 Å². The van der Waals surface area contributed by atoms with Crippen molar-refractivity contribution >= 4 is 0 Å². The normalized spacial score (nSPS) is 25.5. The lowest BCUT2D eigenvalue weighted by Crippen LogP contribution is -2.34. The van der Waals surface area contributed by atoms with E-state index in [4.69, 9.17) is 4.74 Å². The quantitative estimate of drug-likeness (QED) is 0.810. The molecule has 0 bridgehead atoms. The molecule has 3 nitrogen and oxygen atoms in total. The molecule has 3 heteroatoms. The van der Waals surface area contributed by atoms with Crippen molar-refractivity contribution in [2.24, 2.45) is 5.92 Å². The van der Waals surface area contributed by atoms with Crippen molar-refractivity contribution in [3.05, 3.63) is 35.9 Å². The third kappa shape index (κ3) is 5.77. The Morgan fingerprint density at radius 2 is 1.86 bits per heavy atom. The predicted octanol–water partition coefficient (Wildman–Crippen LogP) is 3.29. The molecule has 1 fully saturated rings. The molecule has 0 saturated heterocycles. The molecule has 0 spiro atoms. The minimum absolute atomic E-state index is 0.247. The molecule has 0 radical (unpaired) electrons. The highest BCUT2D eigenvalue weighted by Gasteiger charge is 2.19. The molecule has 0 amide bonds. The SMILES string of the molecule is CC1CCC(OCC(O)CNC(C)c2ccccc2)CC1. The van der Waals surface area contributed by atoms with E-state index in [0.717, 1.165) is 18.8 Å². The summed E-state index contributed by atoms with van der Waals surface area (Å²) in [4.78, 5) is 0. The fourth-order valence-corrected chi connectivity index (χ4v) is 2.87. The Morgan fingerprint density at radius 3 is 2.52 bits per heavy atom. The molecule has 2 atom stereocenters. The van der Waals surface area contributed by atoms with Crippen molar-refractivity contribution in [1.82, 2.24) is 5.32 Å². The van der Waals surface area contributed by atoms with Crippen LogP contribution in [-0.4, -0.2) is 30.5 Å². The predicted molar refractivity (Wildman–Crippen MR) is 86.2 cm³/mol. The molecule has 21 heavy (non-hydrogen) atoms. The van der Waals surface area contributed by atoms with Crippen molar-refractivity contribution < 1.29 is 9.84 Å². The van der Waals surface area contributed by atoms with E-state index in [0.29, 0.717) is 19.3 Å². The van der Waals surface area contributed by atoms with Crippen LogP contribution in [0.25, 0.3) is 0 Å². The summed E-state index contributed by atoms with van der Waals surface area (Å²) in [6, 6.07) is 10.5. The van der Waals surface area contributed by atoms with Gasteiger partial charge in [0.05, 0.1) is 18.8 Å². The number of rotatable bonds is 7. The molecule has 0 aromatic heterocycles. The second-order valence-electron chi connectivity index (χ2n) is 6.41. The molecule has 1 aliphatic carbocycles. The van der Waals surface area contributed by atoms with Gasteiger partial charge in [0.15, 0.2) is 0 Å². The summed E-state index contributed by atoms with van der Waals surface area (Å²) in [5.41, 5.74) is 1.24. The number of hydrogen-bond acceptors (Lipinski definition) is 3. The molecule has 2 rings (SSSR count). The molecule has 1 saturated carbocycles. The molecule has 1 aromatic carbocycles. The first-order chi connectivity index (χ1) is 10.1. The summed E-state index contributed by atoms with van der Waals surface area (Å²) in [6.45, 7) is 5.43. The van der Waals surface area contributed by atoms with Crippen molar-refractivity contribution in [2.75, 3.05) is 13.2 Å². The smallest absolute Gasteiger partial charge is 0.0898 e. The minimum atomic E-state index is -0.435. The lowest BCUT2D eigenvalue weighted by molar-refractivity contribution is -0.0283. The Kier molecular flexibility index (Phi) is 6.68. The summed E-state index contributed by atoms with van der Waals surface area (Å²) in [6.07, 6.45) is 4.70. The van der Waals surface area contributed by atoms with Gasteiger partial charge in [0.25, 0.3) is 0 Å². The van der Waals surface area contributed by atoms with Crippen LogP contribution in [0.4, 0.5) is 0 Å². The van der Waals surface area contributed by atoms with Gasteiger partial charge in [-0.15, -0.1) is 0 Å². The van der Waals surface area contributed by atoms with E-state index >= 15 is 0 Å². The van der Waals surface area contributed by atoms with E-state index in [1.807, 2.05) is 18.2 Å². The monoisotopic (exact) mass is 291 g/mol. The second-order valence-corrected chi connectivity index (χ2v) is 6.41. The number of nitrogens with one attached hydrogen (secondary N) is 1. The fraction of sp³-hybridized carbons (Fsp3) is 0.667. The Balaban J connectivity index is 1.62. The van der Waals surface area contributed by atoms with Crippen LogP contribution in [0.1, 0.15) is 51.1 Å². The zero-order valence-electron chi connectivity index (χ0n) is 13.3. The fourth-order valence-electron chi connectivity index (χ4n) is 2.87. The average molecular weight is 291 g/mol. The maximum absolute atomic E-state index is 10.0. The lowest BCUT2D eigenvalue weighted by atomic mass is 9.89. The highest BCUT2D eigenvalue weighted by Crippen LogP contribution is 2.25. The standard InChI is InChI=1S/C18H29NO2/c1-14-8-10-18(11-9-14)21-13-17(20)12-19-15(2)16-6-4-3-5-7-16/h3-7,14-15,17-20H,8-13H2,1-2H3. The summed E-state index contributed by atoms with van der Waals surface area (Å²) in [7, 11) is 0. The molecule has 2 N–H and O–H groups in total. The maximum Gasteiger partial charge on any atom is 0.0898 e. The molecular weight excluding hydrogens is 262 g/mol. The highest BCUT2D eigenvalue weighted by molar-refractivity contribution is 5.17. The van der Waals surface area contributed by atoms with Gasteiger partial charge in [-0.2, -0.15) is 0 Å². The summed E-state index contributed by atoms with van der Waals surface area (Å²) in [5, 5.41) is 13.4. The van der Waals surface area contributed by atoms with Gasteiger partial charge in [0, 0.05) is 12.6 Å². The first-order valence-electron chi connectivity index (χ1n) is 8.23. The maximum atomic E-state index is 10.0. The first-order valence-corrected chi connectivity index (χ1v) is 8.23. The Bertz CT molecular complexity index is 387. The summed E-state index contributed by atoms with van der Waals surface area (Å²) < 4.78 is 5.84. The van der Waals surface area contributed by atoms with Crippen LogP contribution in [0.5, 0.6) is 0 Å². The van der Waals surface area contributed by atoms with E-state index in [-0.39, 0.29) is 6.04 Å². The summed E-state index contributed by atoms with van der Waals surface area (Å²) >= 11 is 0. The Labute approximate surface area is 128 Å². The van der Waals surface area contributed by atoms with Gasteiger partial charge >= 0.3 is 0 Å². The summed E-state index contributed by atoms with van der Waals surface area (Å²) in [5.74, 6) is 0.836. The number of aliphatic hydroxyl groups excluding tert-OH is 1. The number of hydrogen-bond donors (Lipinski definition) is 2. The molecule has 0 heterocycles. The molecule has 0 aliphatic heterocycles. The van der Waals surface area contributed by atoms with Gasteiger partial charge in [-0.05, 0) is 44.1 Å². The number of aliphatic hydroxyl groups is 1. The van der Waals surface area contributed by atoms with Gasteiger partial charge in [-0.1, -0.05) is 37.3 Å². The molecule has 1 aliphatic rings. The van der Waals surface area contributed by atoms with Crippen LogP contribution in [0.15, 0.2) is 30.3 Å². The van der Waals surface area contributed by atoms with E-state index in [1.165, 1.54) is 18.4 Å². The number of ether oxygens (including phenoxy) is 1. The van der Waals surface area contributed by atoms with Gasteiger partial charge in [-0.3, -0.25) is 0 Å². The topological polar surface area (TPSA) is 41.5 Å². The second kappa shape index (κ2) is 8.52. The van der Waals surface area contributed by atoms with Crippen LogP contribution >= 0.6 is 0 Å². The van der Waals surface area contributed by atoms with Crippen molar-refractivity contribution in [2.45, 2.75) is 57.8 Å². The molecule has 1 aromatic rings. The van der Waals surface area contributed by atoms with Gasteiger partial charge in [-0.25, -0.2) is 0 Å². The van der Waals surface area contributed by atoms with Crippen molar-refractivity contribution in [3.8, 4) is 0 Å². The van der Waals surface area contributed by atoms with Crippen molar-refractivity contribution in [3.63, 3.8) is 0 Å². The third-order valence-electron chi connectivity index (χ3n) is 4.45. The average Bonchev–Trinajstić information content (AvgIpc) is 2.53. The minimum Gasteiger partial charge on any atom is -0.389 e. The van der Waals surface area contributed by atoms with E-state index in [9.17, 15) is 5.11 Å². The largest absolute Gasteiger partial charge is 0.389 e. The molecular formula is C18H29NO2. The van der Waals surface area contributed by atoms with Crippen LogP contribution in [0, 0.1) is 5.92 Å². The Morgan fingerprint density at radius 1 is 1.19 bits per heavy atom. The van der Waals surface area contributed by atoms with Crippen LogP contribution in [0.2, 0.25) is 0 Å². The van der Waals surface area contributed by atoms with Gasteiger partial charge < -0.3 is 15.2 Å². The zero-order chi connectivity index (χ0) is 15.1. The molecule has 118 valence electrons. The third-order valence-corrected chi connectivity index (χ3v) is 4.45. The van der Waals surface area contributed by atoms with E-state index in [2.05, 4.69) is 31.3 Å². The highest BCUT2D eigenvalue weighted by atomic mass is 16.5.